The number of H-pyrrole nitrogens is 1. The average molecular weight is 489 g/mol. The van der Waals surface area contributed by atoms with Gasteiger partial charge in [-0.25, -0.2) is 14.6 Å². The second kappa shape index (κ2) is 9.07. The number of carbonyl (C=O) groups is 2. The van der Waals surface area contributed by atoms with Crippen LogP contribution in [0.3, 0.4) is 0 Å². The molecule has 0 unspecified atom stereocenters. The largest absolute Gasteiger partial charge is 0.476 e. The highest BCUT2D eigenvalue weighted by Crippen LogP contribution is 2.34. The van der Waals surface area contributed by atoms with Crippen LogP contribution in [0.5, 0.6) is 0 Å². The lowest BCUT2D eigenvalue weighted by Gasteiger charge is -2.36. The number of aromatic carboxylic acids is 1. The maximum absolute atomic E-state index is 12.3. The van der Waals surface area contributed by atoms with Crippen LogP contribution in [-0.4, -0.2) is 63.8 Å². The average Bonchev–Trinajstić information content (AvgIpc) is 3.51. The molecule has 9 nitrogen and oxygen atoms in total. The van der Waals surface area contributed by atoms with Gasteiger partial charge in [0.2, 0.25) is 5.89 Å². The molecule has 1 fully saturated rings. The zero-order valence-electron chi connectivity index (χ0n) is 20.4. The molecule has 1 aliphatic rings. The van der Waals surface area contributed by atoms with Crippen LogP contribution in [0, 0.1) is 0 Å². The maximum Gasteiger partial charge on any atom is 0.410 e. The van der Waals surface area contributed by atoms with Crippen molar-refractivity contribution in [3.05, 3.63) is 60.4 Å². The molecule has 5 rings (SSSR count). The summed E-state index contributed by atoms with van der Waals surface area (Å²) in [7, 11) is 0. The van der Waals surface area contributed by atoms with E-state index in [-0.39, 0.29) is 23.4 Å². The number of oxazole rings is 1. The minimum atomic E-state index is -1.15. The van der Waals surface area contributed by atoms with Gasteiger partial charge in [-0.2, -0.15) is 0 Å². The van der Waals surface area contributed by atoms with Gasteiger partial charge in [-0.3, -0.25) is 0 Å². The third kappa shape index (κ3) is 4.64. The molecule has 2 aromatic heterocycles. The van der Waals surface area contributed by atoms with Gasteiger partial charge in [-0.1, -0.05) is 6.07 Å². The summed E-state index contributed by atoms with van der Waals surface area (Å²) in [5.41, 5.74) is 2.60. The smallest absolute Gasteiger partial charge is 0.410 e. The standard InChI is InChI=1S/C27H28N4O5/c1-27(2,3)36-26(34)31-15-13-30(14-16-31)18-9-7-17(8-10-18)23-22(25(32)33)29-24(35-23)20-5-4-6-21-19(20)11-12-28-21/h4-12,28H,13-16H2,1-3H3,(H,32,33). The van der Waals surface area contributed by atoms with E-state index < -0.39 is 11.6 Å². The number of hydrogen-bond donors (Lipinski definition) is 2. The Balaban J connectivity index is 1.35. The SMILES string of the molecule is CC(C)(C)OC(=O)N1CCN(c2ccc(-c3oc(-c4cccc5[nH]ccc45)nc3C(=O)O)cc2)CC1. The Labute approximate surface area is 208 Å². The highest BCUT2D eigenvalue weighted by atomic mass is 16.6. The molecular weight excluding hydrogens is 460 g/mol. The van der Waals surface area contributed by atoms with Crippen LogP contribution >= 0.6 is 0 Å². The number of ether oxygens (including phenoxy) is 1. The number of carbonyl (C=O) groups excluding carboxylic acids is 1. The Morgan fingerprint density at radius 2 is 1.75 bits per heavy atom. The van der Waals surface area contributed by atoms with Crippen LogP contribution in [0.2, 0.25) is 0 Å². The number of anilines is 1. The first-order valence-corrected chi connectivity index (χ1v) is 11.8. The minimum absolute atomic E-state index is 0.128. The van der Waals surface area contributed by atoms with Crippen molar-refractivity contribution in [2.24, 2.45) is 0 Å². The van der Waals surface area contributed by atoms with Crippen molar-refractivity contribution in [3.8, 4) is 22.8 Å². The summed E-state index contributed by atoms with van der Waals surface area (Å²) in [6.45, 7) is 8.05. The van der Waals surface area contributed by atoms with Crippen LogP contribution in [0.25, 0.3) is 33.7 Å². The van der Waals surface area contributed by atoms with Crippen molar-refractivity contribution in [2.45, 2.75) is 26.4 Å². The fourth-order valence-electron chi connectivity index (χ4n) is 4.35. The lowest BCUT2D eigenvalue weighted by atomic mass is 10.1. The van der Waals surface area contributed by atoms with E-state index in [0.29, 0.717) is 31.7 Å². The number of aromatic nitrogens is 2. The van der Waals surface area contributed by atoms with E-state index in [4.69, 9.17) is 9.15 Å². The third-order valence-corrected chi connectivity index (χ3v) is 6.08. The zero-order chi connectivity index (χ0) is 25.4. The number of carboxylic acid groups (broad SMARTS) is 1. The number of piperazine rings is 1. The summed E-state index contributed by atoms with van der Waals surface area (Å²) < 4.78 is 11.5. The molecule has 186 valence electrons. The van der Waals surface area contributed by atoms with Crippen molar-refractivity contribution in [1.29, 1.82) is 0 Å². The van der Waals surface area contributed by atoms with Crippen LogP contribution in [0.1, 0.15) is 31.3 Å². The van der Waals surface area contributed by atoms with E-state index in [1.807, 2.05) is 75.5 Å². The van der Waals surface area contributed by atoms with Gasteiger partial charge in [0.05, 0.1) is 0 Å². The predicted molar refractivity (Wildman–Crippen MR) is 136 cm³/mol. The lowest BCUT2D eigenvalue weighted by molar-refractivity contribution is 0.0240. The molecule has 0 spiro atoms. The monoisotopic (exact) mass is 488 g/mol. The molecule has 0 aliphatic carbocycles. The Morgan fingerprint density at radius 1 is 1.03 bits per heavy atom. The van der Waals surface area contributed by atoms with E-state index in [0.717, 1.165) is 22.2 Å². The van der Waals surface area contributed by atoms with Crippen LogP contribution < -0.4 is 4.90 Å². The molecule has 0 bridgehead atoms. The molecule has 0 saturated carbocycles. The van der Waals surface area contributed by atoms with Crippen LogP contribution in [-0.2, 0) is 4.74 Å². The molecule has 0 radical (unpaired) electrons. The van der Waals surface area contributed by atoms with Gasteiger partial charge < -0.3 is 29.0 Å². The molecule has 2 aromatic carbocycles. The van der Waals surface area contributed by atoms with Gasteiger partial charge in [0, 0.05) is 60.1 Å². The second-order valence-corrected chi connectivity index (χ2v) is 9.75. The highest BCUT2D eigenvalue weighted by Gasteiger charge is 2.27. The Hall–Kier alpha value is -4.27. The second-order valence-electron chi connectivity index (χ2n) is 9.75. The fourth-order valence-corrected chi connectivity index (χ4v) is 4.35. The molecule has 36 heavy (non-hydrogen) atoms. The first kappa shape index (κ1) is 23.5. The first-order valence-electron chi connectivity index (χ1n) is 11.8. The summed E-state index contributed by atoms with van der Waals surface area (Å²) in [6, 6.07) is 15.1. The third-order valence-electron chi connectivity index (χ3n) is 6.08. The molecule has 2 N–H and O–H groups in total. The normalized spacial score (nSPS) is 14.3. The van der Waals surface area contributed by atoms with E-state index in [2.05, 4.69) is 14.9 Å². The topological polar surface area (TPSA) is 112 Å². The van der Waals surface area contributed by atoms with E-state index >= 15 is 0 Å². The number of benzene rings is 2. The minimum Gasteiger partial charge on any atom is -0.476 e. The summed E-state index contributed by atoms with van der Waals surface area (Å²) in [4.78, 5) is 35.6. The molecule has 1 saturated heterocycles. The number of rotatable bonds is 4. The van der Waals surface area contributed by atoms with Crippen molar-refractivity contribution >= 4 is 28.7 Å². The highest BCUT2D eigenvalue weighted by molar-refractivity contribution is 5.96. The van der Waals surface area contributed by atoms with Gasteiger partial charge in [0.1, 0.15) is 5.60 Å². The van der Waals surface area contributed by atoms with E-state index in [1.54, 1.807) is 4.90 Å². The van der Waals surface area contributed by atoms with E-state index in [1.165, 1.54) is 0 Å². The number of nitrogens with zero attached hydrogens (tertiary/aromatic N) is 3. The van der Waals surface area contributed by atoms with Crippen molar-refractivity contribution < 1.29 is 23.8 Å². The van der Waals surface area contributed by atoms with Gasteiger partial charge in [-0.05, 0) is 63.2 Å². The lowest BCUT2D eigenvalue weighted by Crippen LogP contribution is -2.50. The molecule has 9 heteroatoms. The maximum atomic E-state index is 12.3. The summed E-state index contributed by atoms with van der Waals surface area (Å²) >= 11 is 0. The van der Waals surface area contributed by atoms with Gasteiger partial charge in [-0.15, -0.1) is 0 Å². The molecule has 3 heterocycles. The van der Waals surface area contributed by atoms with Crippen LogP contribution in [0.15, 0.2) is 59.1 Å². The molecular formula is C27H28N4O5. The Kier molecular flexibility index (Phi) is 5.91. The molecule has 0 atom stereocenters. The predicted octanol–water partition coefficient (Wildman–Crippen LogP) is 5.25. The fraction of sp³-hybridized carbons (Fsp3) is 0.296. The number of fused-ring (bicyclic) bond motifs is 1. The van der Waals surface area contributed by atoms with E-state index in [9.17, 15) is 14.7 Å². The zero-order valence-corrected chi connectivity index (χ0v) is 20.4. The molecule has 4 aromatic rings. The van der Waals surface area contributed by atoms with Crippen molar-refractivity contribution in [1.82, 2.24) is 14.9 Å². The van der Waals surface area contributed by atoms with Gasteiger partial charge in [0.25, 0.3) is 0 Å². The molecule has 1 amide bonds. The Morgan fingerprint density at radius 3 is 2.42 bits per heavy atom. The first-order chi connectivity index (χ1) is 17.2. The number of nitrogens with one attached hydrogen (secondary N) is 1. The summed E-state index contributed by atoms with van der Waals surface area (Å²) in [6.07, 6.45) is 1.53. The molecule has 1 aliphatic heterocycles. The number of hydrogen-bond acceptors (Lipinski definition) is 6. The van der Waals surface area contributed by atoms with Gasteiger partial charge in [0.15, 0.2) is 11.5 Å². The number of aromatic amines is 1. The van der Waals surface area contributed by atoms with Crippen LogP contribution in [0.4, 0.5) is 10.5 Å². The number of amides is 1. The van der Waals surface area contributed by atoms with Crippen molar-refractivity contribution in [3.63, 3.8) is 0 Å². The van der Waals surface area contributed by atoms with Crippen molar-refractivity contribution in [2.75, 3.05) is 31.1 Å². The Bertz CT molecular complexity index is 1410. The van der Waals surface area contributed by atoms with Gasteiger partial charge >= 0.3 is 12.1 Å². The number of carboxylic acids is 1. The summed E-state index contributed by atoms with van der Waals surface area (Å²) in [5.74, 6) is -0.676. The summed E-state index contributed by atoms with van der Waals surface area (Å²) in [5, 5.41) is 10.7. The quantitative estimate of drug-likeness (QED) is 0.404.